The third-order valence-corrected chi connectivity index (χ3v) is 2.97. The second-order valence-electron chi connectivity index (χ2n) is 2.62. The molecule has 0 bridgehead atoms. The molecule has 4 nitrogen and oxygen atoms in total. The summed E-state index contributed by atoms with van der Waals surface area (Å²) in [6.45, 7) is 4.46. The van der Waals surface area contributed by atoms with Gasteiger partial charge in [0.15, 0.2) is 4.96 Å². The van der Waals surface area contributed by atoms with Gasteiger partial charge in [-0.05, 0) is 13.8 Å². The van der Waals surface area contributed by atoms with E-state index < -0.39 is 0 Å². The highest BCUT2D eigenvalue weighted by Gasteiger charge is 2.11. The Labute approximate surface area is 90.3 Å². The van der Waals surface area contributed by atoms with Crippen LogP contribution in [0.4, 0.5) is 0 Å². The van der Waals surface area contributed by atoms with Gasteiger partial charge in [-0.3, -0.25) is 8.58 Å². The molecule has 2 rings (SSSR count). The molecule has 76 valence electrons. The largest absolute Gasteiger partial charge is 0.379 e. The average molecular weight is 230 g/mol. The maximum atomic E-state index is 5.39. The lowest BCUT2D eigenvalue weighted by molar-refractivity contribution is 0.366. The van der Waals surface area contributed by atoms with Gasteiger partial charge in [-0.1, -0.05) is 0 Å². The molecule has 0 unspecified atom stereocenters. The molecule has 0 aliphatic rings. The maximum absolute atomic E-state index is 5.39. The fraction of sp³-hybridized carbons (Fsp3) is 0.375. The first-order valence-electron chi connectivity index (χ1n) is 4.21. The van der Waals surface area contributed by atoms with E-state index in [1.807, 2.05) is 29.8 Å². The van der Waals surface area contributed by atoms with Gasteiger partial charge in [0.25, 0.3) is 0 Å². The summed E-state index contributed by atoms with van der Waals surface area (Å²) in [4.78, 5) is 5.28. The van der Waals surface area contributed by atoms with Crippen molar-refractivity contribution in [3.8, 4) is 5.88 Å². The molecule has 0 amide bonds. The smallest absolute Gasteiger partial charge is 0.239 e. The van der Waals surface area contributed by atoms with Crippen LogP contribution in [0.1, 0.15) is 12.6 Å². The van der Waals surface area contributed by atoms with E-state index in [1.54, 1.807) is 11.3 Å². The van der Waals surface area contributed by atoms with Gasteiger partial charge in [-0.25, -0.2) is 4.98 Å². The van der Waals surface area contributed by atoms with Crippen molar-refractivity contribution < 1.29 is 8.37 Å². The Morgan fingerprint density at radius 2 is 2.50 bits per heavy atom. The van der Waals surface area contributed by atoms with E-state index in [-0.39, 0.29) is 0 Å². The van der Waals surface area contributed by atoms with Crippen LogP contribution >= 0.6 is 23.7 Å². The number of imidazole rings is 1. The van der Waals surface area contributed by atoms with E-state index in [1.165, 1.54) is 0 Å². The summed E-state index contributed by atoms with van der Waals surface area (Å²) in [6.07, 6.45) is 1.93. The van der Waals surface area contributed by atoms with E-state index in [2.05, 4.69) is 4.98 Å². The van der Waals surface area contributed by atoms with E-state index in [9.17, 15) is 0 Å². The molecule has 2 aromatic heterocycles. The highest BCUT2D eigenvalue weighted by molar-refractivity contribution is 7.90. The van der Waals surface area contributed by atoms with Crippen LogP contribution in [-0.2, 0) is 4.18 Å². The van der Waals surface area contributed by atoms with Crippen molar-refractivity contribution in [3.63, 3.8) is 0 Å². The number of nitrogens with zero attached hydrogens (tertiary/aromatic N) is 2. The zero-order valence-corrected chi connectivity index (χ0v) is 9.52. The Hall–Kier alpha value is -0.720. The molecule has 0 spiro atoms. The van der Waals surface area contributed by atoms with Crippen LogP contribution in [0.25, 0.3) is 4.96 Å². The molecule has 0 atom stereocenters. The number of hydrogen-bond donors (Lipinski definition) is 0. The van der Waals surface area contributed by atoms with Crippen LogP contribution in [-0.4, -0.2) is 16.0 Å². The van der Waals surface area contributed by atoms with Crippen LogP contribution in [0, 0.1) is 6.92 Å². The van der Waals surface area contributed by atoms with Crippen LogP contribution in [0.2, 0.25) is 0 Å². The minimum atomic E-state index is 0.620. The number of aryl methyl sites for hydroxylation is 1. The molecule has 0 saturated carbocycles. The third-order valence-electron chi connectivity index (χ3n) is 1.66. The third kappa shape index (κ3) is 1.73. The van der Waals surface area contributed by atoms with E-state index in [0.29, 0.717) is 6.61 Å². The first kappa shape index (κ1) is 9.82. The predicted octanol–water partition coefficient (Wildman–Crippen LogP) is 2.68. The first-order chi connectivity index (χ1) is 6.83. The quantitative estimate of drug-likeness (QED) is 0.597. The van der Waals surface area contributed by atoms with E-state index in [4.69, 9.17) is 8.37 Å². The van der Waals surface area contributed by atoms with Crippen molar-refractivity contribution in [3.05, 3.63) is 17.3 Å². The van der Waals surface area contributed by atoms with Crippen molar-refractivity contribution in [2.24, 2.45) is 0 Å². The van der Waals surface area contributed by atoms with Gasteiger partial charge >= 0.3 is 0 Å². The molecule has 0 radical (unpaired) electrons. The fourth-order valence-electron chi connectivity index (χ4n) is 1.08. The van der Waals surface area contributed by atoms with Crippen molar-refractivity contribution in [1.29, 1.82) is 0 Å². The van der Waals surface area contributed by atoms with Gasteiger partial charge in [-0.15, -0.1) is 11.3 Å². The number of fused-ring (bicyclic) bond motifs is 1. The summed E-state index contributed by atoms with van der Waals surface area (Å²) < 4.78 is 12.3. The highest BCUT2D eigenvalue weighted by atomic mass is 32.2. The molecule has 6 heteroatoms. The van der Waals surface area contributed by atoms with Crippen molar-refractivity contribution in [1.82, 2.24) is 9.38 Å². The van der Waals surface area contributed by atoms with Gasteiger partial charge < -0.3 is 4.18 Å². The second kappa shape index (κ2) is 4.20. The fourth-order valence-corrected chi connectivity index (χ4v) is 2.24. The van der Waals surface area contributed by atoms with Gasteiger partial charge in [0, 0.05) is 11.6 Å². The number of aromatic nitrogens is 2. The molecule has 0 aliphatic heterocycles. The Kier molecular flexibility index (Phi) is 2.95. The lowest BCUT2D eigenvalue weighted by atomic mass is 10.5. The monoisotopic (exact) mass is 230 g/mol. The topological polar surface area (TPSA) is 35.8 Å². The maximum Gasteiger partial charge on any atom is 0.239 e. The standard InChI is InChI=1S/C8H10N2O2S2/c1-3-11-14-12-7-6(2)9-8-10(7)4-5-13-8/h4-5H,3H2,1-2H3. The first-order valence-corrected chi connectivity index (χ1v) is 5.76. The Bertz CT molecular complexity index is 424. The lowest BCUT2D eigenvalue weighted by Crippen LogP contribution is -1.89. The van der Waals surface area contributed by atoms with Gasteiger partial charge in [0.1, 0.15) is 5.69 Å². The molecule has 0 aromatic carbocycles. The van der Waals surface area contributed by atoms with Gasteiger partial charge in [0.05, 0.1) is 6.61 Å². The molecule has 0 aliphatic carbocycles. The Balaban J connectivity index is 2.21. The molecular weight excluding hydrogens is 220 g/mol. The molecule has 2 aromatic rings. The van der Waals surface area contributed by atoms with E-state index in [0.717, 1.165) is 28.9 Å². The Morgan fingerprint density at radius 1 is 1.64 bits per heavy atom. The van der Waals surface area contributed by atoms with E-state index >= 15 is 0 Å². The Morgan fingerprint density at radius 3 is 3.29 bits per heavy atom. The van der Waals surface area contributed by atoms with Gasteiger partial charge in [-0.2, -0.15) is 0 Å². The van der Waals surface area contributed by atoms with Crippen LogP contribution in [0.15, 0.2) is 11.6 Å². The van der Waals surface area contributed by atoms with Crippen molar-refractivity contribution in [2.75, 3.05) is 6.61 Å². The summed E-state index contributed by atoms with van der Waals surface area (Å²) >= 11 is 2.57. The number of rotatable bonds is 4. The zero-order valence-electron chi connectivity index (χ0n) is 7.89. The summed E-state index contributed by atoms with van der Waals surface area (Å²) in [5.74, 6) is 0.736. The minimum Gasteiger partial charge on any atom is -0.379 e. The summed E-state index contributed by atoms with van der Waals surface area (Å²) in [7, 11) is 0. The van der Waals surface area contributed by atoms with Crippen molar-refractivity contribution >= 4 is 28.6 Å². The molecule has 0 N–H and O–H groups in total. The molecule has 14 heavy (non-hydrogen) atoms. The zero-order chi connectivity index (χ0) is 9.97. The van der Waals surface area contributed by atoms with Crippen LogP contribution in [0.5, 0.6) is 5.88 Å². The lowest BCUT2D eigenvalue weighted by Gasteiger charge is -2.00. The normalized spacial score (nSPS) is 11.0. The predicted molar refractivity (Wildman–Crippen MR) is 57.7 cm³/mol. The summed E-state index contributed by atoms with van der Waals surface area (Å²) in [5, 5.41) is 1.97. The van der Waals surface area contributed by atoms with Crippen LogP contribution < -0.4 is 4.18 Å². The van der Waals surface area contributed by atoms with Crippen molar-refractivity contribution in [2.45, 2.75) is 13.8 Å². The SMILES string of the molecule is CCOSOc1c(C)nc2sccn12. The molecule has 2 heterocycles. The van der Waals surface area contributed by atoms with Gasteiger partial charge in [0.2, 0.25) is 18.2 Å². The average Bonchev–Trinajstić information content (AvgIpc) is 2.69. The minimum absolute atomic E-state index is 0.620. The second-order valence-corrected chi connectivity index (χ2v) is 4.03. The molecule has 0 fully saturated rings. The molecular formula is C8H10N2O2S2. The number of thiazole rings is 1. The summed E-state index contributed by atoms with van der Waals surface area (Å²) in [5.41, 5.74) is 0.879. The summed E-state index contributed by atoms with van der Waals surface area (Å²) in [6, 6.07) is 0. The highest BCUT2D eigenvalue weighted by Crippen LogP contribution is 2.26. The molecule has 0 saturated heterocycles. The van der Waals surface area contributed by atoms with Crippen LogP contribution in [0.3, 0.4) is 0 Å². The number of hydrogen-bond acceptors (Lipinski definition) is 5.